The summed E-state index contributed by atoms with van der Waals surface area (Å²) in [5.41, 5.74) is -0.780. The fourth-order valence-electron chi connectivity index (χ4n) is 2.64. The monoisotopic (exact) mass is 381 g/mol. The molecule has 134 valence electrons. The molecule has 0 aromatic heterocycles. The predicted octanol–water partition coefficient (Wildman–Crippen LogP) is 4.87. The van der Waals surface area contributed by atoms with E-state index in [1.54, 1.807) is 0 Å². The van der Waals surface area contributed by atoms with Gasteiger partial charge in [-0.3, -0.25) is 0 Å². The van der Waals surface area contributed by atoms with Crippen LogP contribution in [-0.2, 0) is 0 Å². The Kier molecular flexibility index (Phi) is 4.46. The molecule has 3 nitrogen and oxygen atoms in total. The third-order valence-electron chi connectivity index (χ3n) is 3.76. The van der Waals surface area contributed by atoms with Gasteiger partial charge in [-0.1, -0.05) is 11.6 Å². The van der Waals surface area contributed by atoms with Gasteiger partial charge in [0.15, 0.2) is 0 Å². The second-order valence-corrected chi connectivity index (χ2v) is 5.71. The molecular weight excluding hydrogens is 372 g/mol. The van der Waals surface area contributed by atoms with Crippen LogP contribution in [0.25, 0.3) is 0 Å². The summed E-state index contributed by atoms with van der Waals surface area (Å²) in [6.45, 7) is 1.04. The first-order chi connectivity index (χ1) is 11.4. The number of allylic oxidation sites excluding steroid dienone is 3. The summed E-state index contributed by atoms with van der Waals surface area (Å²) in [6, 6.07) is 6.48. The highest BCUT2D eigenvalue weighted by Crippen LogP contribution is 2.58. The van der Waals surface area contributed by atoms with E-state index in [0.717, 1.165) is 17.9 Å². The zero-order valence-electron chi connectivity index (χ0n) is 12.5. The van der Waals surface area contributed by atoms with Crippen molar-refractivity contribution >= 4 is 17.3 Å². The van der Waals surface area contributed by atoms with E-state index in [2.05, 4.69) is 0 Å². The van der Waals surface area contributed by atoms with Crippen LogP contribution in [-0.4, -0.2) is 12.4 Å². The van der Waals surface area contributed by atoms with Gasteiger partial charge in [0.05, 0.1) is 5.57 Å². The molecule has 0 fully saturated rings. The van der Waals surface area contributed by atoms with Crippen LogP contribution < -0.4 is 10.6 Å². The summed E-state index contributed by atoms with van der Waals surface area (Å²) in [6.07, 6.45) is -11.6. The first-order valence-corrected chi connectivity index (χ1v) is 7.03. The molecule has 0 atom stereocenters. The molecule has 0 saturated carbocycles. The van der Waals surface area contributed by atoms with Crippen molar-refractivity contribution in [1.82, 2.24) is 0 Å². The van der Waals surface area contributed by atoms with E-state index in [0.29, 0.717) is 5.02 Å². The number of hydrogen-bond acceptors (Lipinski definition) is 3. The topological polar surface area (TPSA) is 53.1 Å². The summed E-state index contributed by atoms with van der Waals surface area (Å²) in [7, 11) is 0. The maximum atomic E-state index is 13.4. The van der Waals surface area contributed by atoms with E-state index < -0.39 is 34.9 Å². The van der Waals surface area contributed by atoms with Crippen molar-refractivity contribution in [2.45, 2.75) is 19.3 Å². The second kappa shape index (κ2) is 5.88. The van der Waals surface area contributed by atoms with E-state index in [-0.39, 0.29) is 11.8 Å². The Morgan fingerprint density at radius 2 is 1.56 bits per heavy atom. The van der Waals surface area contributed by atoms with Gasteiger partial charge in [-0.2, -0.15) is 31.6 Å². The maximum Gasteiger partial charge on any atom is 0.411 e. The van der Waals surface area contributed by atoms with Crippen LogP contribution in [0.15, 0.2) is 47.4 Å². The van der Waals surface area contributed by atoms with Gasteiger partial charge in [-0.05, 0) is 37.3 Å². The largest absolute Gasteiger partial charge is 0.411 e. The molecule has 1 aliphatic rings. The minimum Gasteiger partial charge on any atom is -0.384 e. The lowest BCUT2D eigenvalue weighted by atomic mass is 9.75. The Labute approximate surface area is 143 Å². The lowest BCUT2D eigenvalue weighted by Crippen LogP contribution is -2.54. The van der Waals surface area contributed by atoms with Crippen molar-refractivity contribution in [1.29, 1.82) is 5.26 Å². The fourth-order valence-corrected chi connectivity index (χ4v) is 2.77. The smallest absolute Gasteiger partial charge is 0.384 e. The Morgan fingerprint density at radius 1 is 1.08 bits per heavy atom. The third kappa shape index (κ3) is 2.80. The maximum absolute atomic E-state index is 13.4. The highest BCUT2D eigenvalue weighted by molar-refractivity contribution is 6.30. The molecule has 10 heteroatoms. The van der Waals surface area contributed by atoms with Gasteiger partial charge in [0.1, 0.15) is 11.9 Å². The van der Waals surface area contributed by atoms with Crippen LogP contribution in [0.3, 0.4) is 0 Å². The zero-order valence-corrected chi connectivity index (χ0v) is 13.3. The average molecular weight is 382 g/mol. The quantitative estimate of drug-likeness (QED) is 0.706. The van der Waals surface area contributed by atoms with Crippen LogP contribution in [0, 0.1) is 16.7 Å². The van der Waals surface area contributed by atoms with Crippen molar-refractivity contribution in [2.24, 2.45) is 11.1 Å². The lowest BCUT2D eigenvalue weighted by molar-refractivity contribution is -0.306. The molecule has 1 aliphatic heterocycles. The van der Waals surface area contributed by atoms with E-state index in [1.807, 2.05) is 0 Å². The molecule has 0 amide bonds. The Hall–Kier alpha value is -2.34. The molecule has 2 rings (SSSR count). The van der Waals surface area contributed by atoms with Crippen LogP contribution in [0.4, 0.5) is 32.0 Å². The minimum absolute atomic E-state index is 0.0312. The molecule has 0 spiro atoms. The summed E-state index contributed by atoms with van der Waals surface area (Å²) in [5, 5.41) is 9.36. The van der Waals surface area contributed by atoms with Crippen molar-refractivity contribution in [3.63, 3.8) is 0 Å². The minimum atomic E-state index is -5.80. The standard InChI is InChI=1S/C15H10ClF6N3/c1-8-6-13(14(17,18)19,15(20,21)22)11(7-23)12(24)25(8)10-4-2-9(16)3-5-10/h2-6H,24H2,1H3. The molecule has 1 aromatic rings. The third-order valence-corrected chi connectivity index (χ3v) is 4.01. The normalized spacial score (nSPS) is 18.0. The number of hydrogen-bond donors (Lipinski definition) is 1. The number of halogens is 7. The van der Waals surface area contributed by atoms with E-state index in [4.69, 9.17) is 22.6 Å². The van der Waals surface area contributed by atoms with Crippen LogP contribution >= 0.6 is 11.6 Å². The lowest BCUT2D eigenvalue weighted by Gasteiger charge is -2.41. The molecule has 0 unspecified atom stereocenters. The van der Waals surface area contributed by atoms with Gasteiger partial charge in [0.25, 0.3) is 0 Å². The Morgan fingerprint density at radius 3 is 1.96 bits per heavy atom. The summed E-state index contributed by atoms with van der Waals surface area (Å²) < 4.78 is 80.5. The SMILES string of the molecule is CC1=CC(C(F)(F)F)(C(F)(F)F)C(C#N)=C(N)N1c1ccc(Cl)cc1. The molecule has 0 saturated heterocycles. The molecule has 0 aliphatic carbocycles. The highest BCUT2D eigenvalue weighted by Gasteiger charge is 2.73. The molecule has 1 aromatic carbocycles. The summed E-state index contributed by atoms with van der Waals surface area (Å²) >= 11 is 5.72. The van der Waals surface area contributed by atoms with Crippen molar-refractivity contribution in [2.75, 3.05) is 4.90 Å². The Balaban J connectivity index is 2.79. The van der Waals surface area contributed by atoms with Gasteiger partial charge in [-0.15, -0.1) is 0 Å². The zero-order chi connectivity index (χ0) is 19.2. The molecule has 25 heavy (non-hydrogen) atoms. The molecular formula is C15H10ClF6N3. The van der Waals surface area contributed by atoms with Crippen molar-refractivity contribution in [3.05, 3.63) is 52.5 Å². The summed E-state index contributed by atoms with van der Waals surface area (Å²) in [5.74, 6) is -0.945. The number of benzene rings is 1. The number of anilines is 1. The van der Waals surface area contributed by atoms with Gasteiger partial charge in [0.2, 0.25) is 5.41 Å². The second-order valence-electron chi connectivity index (χ2n) is 5.27. The van der Waals surface area contributed by atoms with Gasteiger partial charge in [0, 0.05) is 16.4 Å². The van der Waals surface area contributed by atoms with Gasteiger partial charge < -0.3 is 10.6 Å². The van der Waals surface area contributed by atoms with Crippen LogP contribution in [0.5, 0.6) is 0 Å². The first-order valence-electron chi connectivity index (χ1n) is 6.65. The number of rotatable bonds is 1. The number of nitrogens with zero attached hydrogens (tertiary/aromatic N) is 2. The van der Waals surface area contributed by atoms with E-state index in [1.165, 1.54) is 24.3 Å². The van der Waals surface area contributed by atoms with Gasteiger partial charge >= 0.3 is 12.4 Å². The van der Waals surface area contributed by atoms with Crippen LogP contribution in [0.2, 0.25) is 5.02 Å². The van der Waals surface area contributed by atoms with Crippen molar-refractivity contribution < 1.29 is 26.3 Å². The number of nitrogens with two attached hydrogens (primary N) is 1. The summed E-state index contributed by atoms with van der Waals surface area (Å²) in [4.78, 5) is 0.935. The molecule has 0 bridgehead atoms. The van der Waals surface area contributed by atoms with Gasteiger partial charge in [-0.25, -0.2) is 0 Å². The van der Waals surface area contributed by atoms with Crippen molar-refractivity contribution in [3.8, 4) is 6.07 Å². The molecule has 2 N–H and O–H groups in total. The molecule has 0 radical (unpaired) electrons. The fraction of sp³-hybridized carbons (Fsp3) is 0.267. The number of nitriles is 1. The predicted molar refractivity (Wildman–Crippen MR) is 79.1 cm³/mol. The average Bonchev–Trinajstić information content (AvgIpc) is 2.46. The van der Waals surface area contributed by atoms with Crippen LogP contribution in [0.1, 0.15) is 6.92 Å². The number of alkyl halides is 6. The molecule has 1 heterocycles. The Bertz CT molecular complexity index is 769. The first kappa shape index (κ1) is 19.0. The highest BCUT2D eigenvalue weighted by atomic mass is 35.5. The van der Waals surface area contributed by atoms with E-state index in [9.17, 15) is 26.3 Å². The van der Waals surface area contributed by atoms with E-state index >= 15 is 0 Å².